The lowest BCUT2D eigenvalue weighted by atomic mass is 10.3. The Bertz CT molecular complexity index is 395. The standard InChI is InChI=1S/C9H7NO4/c1-2-5-14-10-9(12)7-3-4-8(11)13-6-7/h1,3-4,6H,5H2,(H,10,12). The van der Waals surface area contributed by atoms with Crippen LogP contribution < -0.4 is 11.1 Å². The van der Waals surface area contributed by atoms with Gasteiger partial charge in [0.25, 0.3) is 5.91 Å². The summed E-state index contributed by atoms with van der Waals surface area (Å²) in [7, 11) is 0. The van der Waals surface area contributed by atoms with Gasteiger partial charge in [-0.1, -0.05) is 5.92 Å². The first-order valence-electron chi connectivity index (χ1n) is 3.68. The van der Waals surface area contributed by atoms with E-state index in [1.54, 1.807) is 0 Å². The number of nitrogens with one attached hydrogen (secondary N) is 1. The molecule has 0 aliphatic rings. The fraction of sp³-hybridized carbons (Fsp3) is 0.111. The van der Waals surface area contributed by atoms with E-state index in [0.717, 1.165) is 12.3 Å². The van der Waals surface area contributed by atoms with Crippen molar-refractivity contribution in [1.82, 2.24) is 5.48 Å². The van der Waals surface area contributed by atoms with Crippen molar-refractivity contribution in [3.63, 3.8) is 0 Å². The lowest BCUT2D eigenvalue weighted by Gasteiger charge is -2.01. The molecule has 1 N–H and O–H groups in total. The molecule has 1 amide bonds. The zero-order valence-corrected chi connectivity index (χ0v) is 7.15. The van der Waals surface area contributed by atoms with Crippen LogP contribution in [0.2, 0.25) is 0 Å². The Hall–Kier alpha value is -2.06. The van der Waals surface area contributed by atoms with Gasteiger partial charge in [0.05, 0.1) is 5.56 Å². The Kier molecular flexibility index (Phi) is 3.47. The predicted octanol–water partition coefficient (Wildman–Crippen LogP) is -0.0656. The summed E-state index contributed by atoms with van der Waals surface area (Å²) >= 11 is 0. The molecule has 0 radical (unpaired) electrons. The van der Waals surface area contributed by atoms with Gasteiger partial charge in [-0.25, -0.2) is 10.3 Å². The quantitative estimate of drug-likeness (QED) is 0.414. The zero-order chi connectivity index (χ0) is 10.4. The van der Waals surface area contributed by atoms with Crippen LogP contribution in [0, 0.1) is 12.3 Å². The van der Waals surface area contributed by atoms with Crippen molar-refractivity contribution >= 4 is 5.91 Å². The third-order valence-corrected chi connectivity index (χ3v) is 1.28. The van der Waals surface area contributed by atoms with Gasteiger partial charge in [0.2, 0.25) is 0 Å². The Morgan fingerprint density at radius 1 is 1.64 bits per heavy atom. The fourth-order valence-corrected chi connectivity index (χ4v) is 0.689. The molecule has 0 aromatic carbocycles. The minimum Gasteiger partial charge on any atom is -0.430 e. The van der Waals surface area contributed by atoms with Crippen molar-refractivity contribution < 1.29 is 14.0 Å². The molecule has 14 heavy (non-hydrogen) atoms. The number of terminal acetylenes is 1. The van der Waals surface area contributed by atoms with Crippen LogP contribution in [0.25, 0.3) is 0 Å². The first kappa shape index (κ1) is 10.0. The molecule has 0 saturated carbocycles. The molecule has 0 spiro atoms. The maximum atomic E-state index is 11.2. The second kappa shape index (κ2) is 4.84. The van der Waals surface area contributed by atoms with E-state index in [1.807, 2.05) is 0 Å². The molecule has 0 atom stereocenters. The molecule has 0 aliphatic heterocycles. The minimum atomic E-state index is -0.524. The summed E-state index contributed by atoms with van der Waals surface area (Å²) < 4.78 is 4.47. The highest BCUT2D eigenvalue weighted by Gasteiger charge is 2.05. The first-order valence-corrected chi connectivity index (χ1v) is 3.68. The van der Waals surface area contributed by atoms with Gasteiger partial charge in [-0.05, 0) is 6.07 Å². The summed E-state index contributed by atoms with van der Waals surface area (Å²) in [4.78, 5) is 26.3. The average Bonchev–Trinajstić information content (AvgIpc) is 2.19. The molecular weight excluding hydrogens is 186 g/mol. The summed E-state index contributed by atoms with van der Waals surface area (Å²) in [5, 5.41) is 0. The summed E-state index contributed by atoms with van der Waals surface area (Å²) in [6.45, 7) is -0.0253. The van der Waals surface area contributed by atoms with Gasteiger partial charge >= 0.3 is 5.63 Å². The van der Waals surface area contributed by atoms with E-state index in [-0.39, 0.29) is 12.2 Å². The Morgan fingerprint density at radius 2 is 2.43 bits per heavy atom. The van der Waals surface area contributed by atoms with Crippen molar-refractivity contribution in [2.45, 2.75) is 0 Å². The van der Waals surface area contributed by atoms with Gasteiger partial charge < -0.3 is 4.42 Å². The molecule has 1 heterocycles. The van der Waals surface area contributed by atoms with Crippen LogP contribution in [0.1, 0.15) is 10.4 Å². The van der Waals surface area contributed by atoms with Crippen LogP contribution in [0.15, 0.2) is 27.6 Å². The van der Waals surface area contributed by atoms with E-state index in [0.29, 0.717) is 0 Å². The van der Waals surface area contributed by atoms with Crippen LogP contribution in [-0.4, -0.2) is 12.5 Å². The van der Waals surface area contributed by atoms with E-state index in [9.17, 15) is 9.59 Å². The van der Waals surface area contributed by atoms with E-state index in [4.69, 9.17) is 6.42 Å². The highest BCUT2D eigenvalue weighted by atomic mass is 16.6. The van der Waals surface area contributed by atoms with Crippen molar-refractivity contribution in [2.24, 2.45) is 0 Å². The van der Waals surface area contributed by atoms with Gasteiger partial charge in [-0.3, -0.25) is 9.63 Å². The van der Waals surface area contributed by atoms with Crippen LogP contribution in [0.4, 0.5) is 0 Å². The third-order valence-electron chi connectivity index (χ3n) is 1.28. The minimum absolute atomic E-state index is 0.0253. The SMILES string of the molecule is C#CCONC(=O)c1ccc(=O)oc1. The van der Waals surface area contributed by atoms with Crippen LogP contribution in [0.3, 0.4) is 0 Å². The molecule has 0 bridgehead atoms. The first-order chi connectivity index (χ1) is 6.74. The number of hydroxylamine groups is 1. The zero-order valence-electron chi connectivity index (χ0n) is 7.15. The molecule has 5 heteroatoms. The van der Waals surface area contributed by atoms with Crippen molar-refractivity contribution in [3.8, 4) is 12.3 Å². The second-order valence-electron chi connectivity index (χ2n) is 2.27. The number of hydrogen-bond donors (Lipinski definition) is 1. The van der Waals surface area contributed by atoms with E-state index in [1.165, 1.54) is 6.07 Å². The number of carbonyl (C=O) groups is 1. The normalized spacial score (nSPS) is 9.07. The monoisotopic (exact) mass is 193 g/mol. The number of carbonyl (C=O) groups excluding carboxylic acids is 1. The summed E-state index contributed by atoms with van der Waals surface area (Å²) in [5.41, 5.74) is 1.74. The molecular formula is C9H7NO4. The molecule has 5 nitrogen and oxygen atoms in total. The van der Waals surface area contributed by atoms with Crippen molar-refractivity contribution in [3.05, 3.63) is 34.4 Å². The highest BCUT2D eigenvalue weighted by molar-refractivity contribution is 5.92. The highest BCUT2D eigenvalue weighted by Crippen LogP contribution is 1.94. The van der Waals surface area contributed by atoms with Gasteiger partial charge in [0, 0.05) is 6.07 Å². The Balaban J connectivity index is 2.58. The molecule has 0 unspecified atom stereocenters. The van der Waals surface area contributed by atoms with E-state index >= 15 is 0 Å². The number of amides is 1. The van der Waals surface area contributed by atoms with Gasteiger partial charge in [-0.15, -0.1) is 6.42 Å². The predicted molar refractivity (Wildman–Crippen MR) is 47.2 cm³/mol. The second-order valence-corrected chi connectivity index (χ2v) is 2.27. The fourth-order valence-electron chi connectivity index (χ4n) is 0.689. The molecule has 0 saturated heterocycles. The smallest absolute Gasteiger partial charge is 0.335 e. The molecule has 72 valence electrons. The van der Waals surface area contributed by atoms with Crippen LogP contribution >= 0.6 is 0 Å². The van der Waals surface area contributed by atoms with Gasteiger partial charge in [0.15, 0.2) is 0 Å². The van der Waals surface area contributed by atoms with Crippen molar-refractivity contribution in [1.29, 1.82) is 0 Å². The van der Waals surface area contributed by atoms with Crippen molar-refractivity contribution in [2.75, 3.05) is 6.61 Å². The Labute approximate surface area is 79.6 Å². The Morgan fingerprint density at radius 3 is 3.00 bits per heavy atom. The van der Waals surface area contributed by atoms with Gasteiger partial charge in [-0.2, -0.15) is 0 Å². The largest absolute Gasteiger partial charge is 0.430 e. The summed E-state index contributed by atoms with van der Waals surface area (Å²) in [6, 6.07) is 2.45. The van der Waals surface area contributed by atoms with Crippen LogP contribution in [0.5, 0.6) is 0 Å². The molecule has 0 aliphatic carbocycles. The third kappa shape index (κ3) is 2.77. The topological polar surface area (TPSA) is 68.5 Å². The molecule has 1 rings (SSSR count). The van der Waals surface area contributed by atoms with Gasteiger partial charge in [0.1, 0.15) is 12.9 Å². The molecule has 1 aromatic heterocycles. The summed E-state index contributed by atoms with van der Waals surface area (Å²) in [6.07, 6.45) is 5.93. The van der Waals surface area contributed by atoms with Crippen LogP contribution in [-0.2, 0) is 4.84 Å². The lowest BCUT2D eigenvalue weighted by molar-refractivity contribution is 0.0436. The van der Waals surface area contributed by atoms with E-state index < -0.39 is 11.5 Å². The maximum Gasteiger partial charge on any atom is 0.335 e. The number of rotatable bonds is 3. The lowest BCUT2D eigenvalue weighted by Crippen LogP contribution is -2.24. The summed E-state index contributed by atoms with van der Waals surface area (Å²) in [5.74, 6) is 1.65. The number of hydrogen-bond acceptors (Lipinski definition) is 4. The maximum absolute atomic E-state index is 11.2. The molecule has 0 fully saturated rings. The average molecular weight is 193 g/mol. The molecule has 1 aromatic rings. The van der Waals surface area contributed by atoms with E-state index in [2.05, 4.69) is 20.7 Å².